The number of aryl methyl sites for hydroxylation is 2. The Labute approximate surface area is 234 Å². The maximum absolute atomic E-state index is 14.0. The molecule has 7 heteroatoms. The van der Waals surface area contributed by atoms with Gasteiger partial charge in [-0.2, -0.15) is 0 Å². The second-order valence-electron chi connectivity index (χ2n) is 10.3. The standard InChI is InChI=1S/C33H35NO6/c1-6-7-8-15-39-26-14-11-23(18-27(26)38-5)29-28-30(35)25-17-20(2)16-21(3)31(25)40-32(28)33(36)34(29)19-22-9-12-24(37-4)13-10-22/h9-14,16-18,29H,6-8,15,19H2,1-5H3. The van der Waals surface area contributed by atoms with Crippen LogP contribution in [-0.4, -0.2) is 31.6 Å². The molecule has 0 saturated carbocycles. The summed E-state index contributed by atoms with van der Waals surface area (Å²) in [5, 5.41) is 0.475. The van der Waals surface area contributed by atoms with Crippen LogP contribution in [-0.2, 0) is 6.54 Å². The highest BCUT2D eigenvalue weighted by Gasteiger charge is 2.43. The molecule has 1 atom stereocenters. The van der Waals surface area contributed by atoms with Gasteiger partial charge in [-0.15, -0.1) is 0 Å². The minimum absolute atomic E-state index is 0.0850. The quantitative estimate of drug-likeness (QED) is 0.207. The minimum atomic E-state index is -0.658. The highest BCUT2D eigenvalue weighted by molar-refractivity contribution is 5.99. The van der Waals surface area contributed by atoms with E-state index in [9.17, 15) is 9.59 Å². The number of amides is 1. The third-order valence-corrected chi connectivity index (χ3v) is 7.42. The molecule has 1 aliphatic heterocycles. The minimum Gasteiger partial charge on any atom is -0.497 e. The lowest BCUT2D eigenvalue weighted by molar-refractivity contribution is 0.0714. The van der Waals surface area contributed by atoms with Gasteiger partial charge in [0.2, 0.25) is 5.76 Å². The number of carbonyl (C=O) groups excluding carboxylic acids is 1. The predicted molar refractivity (Wildman–Crippen MR) is 155 cm³/mol. The second-order valence-corrected chi connectivity index (χ2v) is 10.3. The van der Waals surface area contributed by atoms with Crippen LogP contribution in [0.1, 0.15) is 70.6 Å². The molecule has 3 aromatic carbocycles. The van der Waals surface area contributed by atoms with Crippen LogP contribution in [0.2, 0.25) is 0 Å². The Bertz CT molecular complexity index is 1600. The average Bonchev–Trinajstić information content (AvgIpc) is 3.23. The Morgan fingerprint density at radius 3 is 2.38 bits per heavy atom. The number of rotatable bonds is 10. The van der Waals surface area contributed by atoms with Gasteiger partial charge in [0.15, 0.2) is 16.9 Å². The summed E-state index contributed by atoms with van der Waals surface area (Å²) in [6.45, 7) is 6.86. The largest absolute Gasteiger partial charge is 0.497 e. The predicted octanol–water partition coefficient (Wildman–Crippen LogP) is 6.74. The molecule has 0 spiro atoms. The number of fused-ring (bicyclic) bond motifs is 2. The van der Waals surface area contributed by atoms with Crippen LogP contribution in [0.15, 0.2) is 63.8 Å². The van der Waals surface area contributed by atoms with Crippen molar-refractivity contribution in [3.05, 3.63) is 98.4 Å². The molecule has 4 aromatic rings. The first-order valence-electron chi connectivity index (χ1n) is 13.7. The van der Waals surface area contributed by atoms with Crippen molar-refractivity contribution in [2.75, 3.05) is 20.8 Å². The molecular formula is C33H35NO6. The summed E-state index contributed by atoms with van der Waals surface area (Å²) in [5.74, 6) is 1.67. The van der Waals surface area contributed by atoms with E-state index in [0.717, 1.165) is 47.3 Å². The third kappa shape index (κ3) is 5.04. The molecule has 1 aliphatic rings. The zero-order chi connectivity index (χ0) is 28.4. The van der Waals surface area contributed by atoms with E-state index < -0.39 is 6.04 Å². The van der Waals surface area contributed by atoms with Crippen molar-refractivity contribution in [2.45, 2.75) is 52.6 Å². The molecule has 1 unspecified atom stereocenters. The van der Waals surface area contributed by atoms with Crippen molar-refractivity contribution in [3.8, 4) is 17.2 Å². The van der Waals surface area contributed by atoms with Gasteiger partial charge in [0.05, 0.1) is 37.8 Å². The number of carbonyl (C=O) groups is 1. The number of ether oxygens (including phenoxy) is 3. The van der Waals surface area contributed by atoms with E-state index in [1.807, 2.05) is 68.4 Å². The molecule has 7 nitrogen and oxygen atoms in total. The molecular weight excluding hydrogens is 506 g/mol. The fourth-order valence-corrected chi connectivity index (χ4v) is 5.42. The van der Waals surface area contributed by atoms with Gasteiger partial charge in [0, 0.05) is 6.54 Å². The molecule has 0 saturated heterocycles. The van der Waals surface area contributed by atoms with Crippen LogP contribution in [0, 0.1) is 13.8 Å². The third-order valence-electron chi connectivity index (χ3n) is 7.42. The number of methoxy groups -OCH3 is 2. The Morgan fingerprint density at radius 1 is 0.900 bits per heavy atom. The van der Waals surface area contributed by atoms with Crippen LogP contribution >= 0.6 is 0 Å². The van der Waals surface area contributed by atoms with Gasteiger partial charge in [0.25, 0.3) is 5.91 Å². The lowest BCUT2D eigenvalue weighted by Gasteiger charge is -2.26. The van der Waals surface area contributed by atoms with E-state index in [2.05, 4.69) is 6.92 Å². The van der Waals surface area contributed by atoms with Gasteiger partial charge in [-0.1, -0.05) is 44.0 Å². The molecule has 1 aromatic heterocycles. The maximum Gasteiger partial charge on any atom is 0.291 e. The first-order valence-corrected chi connectivity index (χ1v) is 13.7. The van der Waals surface area contributed by atoms with E-state index in [4.69, 9.17) is 18.6 Å². The molecule has 0 bridgehead atoms. The molecule has 1 amide bonds. The first-order chi connectivity index (χ1) is 19.4. The van der Waals surface area contributed by atoms with Gasteiger partial charge < -0.3 is 23.5 Å². The van der Waals surface area contributed by atoms with Crippen molar-refractivity contribution in [1.29, 1.82) is 0 Å². The lowest BCUT2D eigenvalue weighted by Crippen LogP contribution is -2.29. The Morgan fingerprint density at radius 2 is 1.68 bits per heavy atom. The summed E-state index contributed by atoms with van der Waals surface area (Å²) in [6, 6.07) is 16.3. The monoisotopic (exact) mass is 541 g/mol. The van der Waals surface area contributed by atoms with Gasteiger partial charge in [-0.3, -0.25) is 9.59 Å². The average molecular weight is 542 g/mol. The van der Waals surface area contributed by atoms with Crippen molar-refractivity contribution in [3.63, 3.8) is 0 Å². The highest BCUT2D eigenvalue weighted by atomic mass is 16.5. The summed E-state index contributed by atoms with van der Waals surface area (Å²) in [7, 11) is 3.20. The number of hydrogen-bond donors (Lipinski definition) is 0. The summed E-state index contributed by atoms with van der Waals surface area (Å²) in [6.07, 6.45) is 3.15. The van der Waals surface area contributed by atoms with Crippen LogP contribution in [0.3, 0.4) is 0 Å². The smallest absolute Gasteiger partial charge is 0.291 e. The van der Waals surface area contributed by atoms with Crippen molar-refractivity contribution < 1.29 is 23.4 Å². The van der Waals surface area contributed by atoms with Gasteiger partial charge >= 0.3 is 0 Å². The first kappa shape index (κ1) is 27.3. The number of hydrogen-bond acceptors (Lipinski definition) is 6. The Hall–Kier alpha value is -4.26. The topological polar surface area (TPSA) is 78.2 Å². The molecule has 0 fully saturated rings. The van der Waals surface area contributed by atoms with E-state index in [1.165, 1.54) is 0 Å². The van der Waals surface area contributed by atoms with Crippen LogP contribution in [0.5, 0.6) is 17.2 Å². The summed E-state index contributed by atoms with van der Waals surface area (Å²) < 4.78 is 23.2. The fourth-order valence-electron chi connectivity index (χ4n) is 5.42. The van der Waals surface area contributed by atoms with E-state index >= 15 is 0 Å². The molecule has 2 heterocycles. The fraction of sp³-hybridized carbons (Fsp3) is 0.333. The highest BCUT2D eigenvalue weighted by Crippen LogP contribution is 2.42. The molecule has 40 heavy (non-hydrogen) atoms. The van der Waals surface area contributed by atoms with Crippen LogP contribution in [0.4, 0.5) is 0 Å². The molecule has 0 N–H and O–H groups in total. The summed E-state index contributed by atoms with van der Waals surface area (Å²) >= 11 is 0. The van der Waals surface area contributed by atoms with Crippen LogP contribution < -0.4 is 19.6 Å². The lowest BCUT2D eigenvalue weighted by atomic mass is 9.96. The van der Waals surface area contributed by atoms with E-state index in [0.29, 0.717) is 34.6 Å². The van der Waals surface area contributed by atoms with E-state index in [1.54, 1.807) is 19.1 Å². The molecule has 0 radical (unpaired) electrons. The van der Waals surface area contributed by atoms with Gasteiger partial charge in [-0.25, -0.2) is 0 Å². The Balaban J connectivity index is 1.63. The zero-order valence-corrected chi connectivity index (χ0v) is 23.7. The molecule has 5 rings (SSSR count). The number of benzene rings is 3. The van der Waals surface area contributed by atoms with Crippen molar-refractivity contribution >= 4 is 16.9 Å². The maximum atomic E-state index is 14.0. The zero-order valence-electron chi connectivity index (χ0n) is 23.7. The summed E-state index contributed by atoms with van der Waals surface area (Å²) in [4.78, 5) is 29.7. The van der Waals surface area contributed by atoms with Crippen molar-refractivity contribution in [1.82, 2.24) is 4.90 Å². The molecule has 208 valence electrons. The summed E-state index contributed by atoms with van der Waals surface area (Å²) in [5.41, 5.74) is 4.01. The van der Waals surface area contributed by atoms with Gasteiger partial charge in [0.1, 0.15) is 11.3 Å². The second kappa shape index (κ2) is 11.5. The van der Waals surface area contributed by atoms with Crippen LogP contribution in [0.25, 0.3) is 11.0 Å². The SMILES string of the molecule is CCCCCOc1ccc(C2c3c(oc4c(C)cc(C)cc4c3=O)C(=O)N2Cc2ccc(OC)cc2)cc1OC. The normalized spacial score (nSPS) is 14.5. The number of unbranched alkanes of at least 4 members (excludes halogenated alkanes) is 2. The van der Waals surface area contributed by atoms with Gasteiger partial charge in [-0.05, 0) is 72.9 Å². The van der Waals surface area contributed by atoms with Crippen molar-refractivity contribution in [2.24, 2.45) is 0 Å². The Kier molecular flexibility index (Phi) is 7.83. The number of nitrogens with zero attached hydrogens (tertiary/aromatic N) is 1. The molecule has 0 aliphatic carbocycles. The van der Waals surface area contributed by atoms with E-state index in [-0.39, 0.29) is 23.6 Å².